The molecule has 2 N–H and O–H groups in total. The Morgan fingerprint density at radius 1 is 0.871 bits per heavy atom. The van der Waals surface area contributed by atoms with Crippen LogP contribution in [0.1, 0.15) is 52.5 Å². The average molecular weight is 953 g/mol. The largest absolute Gasteiger partial charge is 1.00 e. The molecule has 3 aliphatic heterocycles. The number of carbonyl (C=O) groups is 5. The number of imide groups is 1. The van der Waals surface area contributed by atoms with E-state index in [0.717, 1.165) is 38.1 Å². The number of nitrogens with one attached hydrogen (secondary N) is 1. The van der Waals surface area contributed by atoms with Crippen molar-refractivity contribution < 1.29 is 66.9 Å². The number of rotatable bonds is 17. The second-order valence-corrected chi connectivity index (χ2v) is 19.4. The number of amides is 4. The maximum Gasteiger partial charge on any atom is 1.00 e. The number of hydrogen-bond acceptors (Lipinski definition) is 11. The topological polar surface area (TPSA) is 172 Å². The third-order valence-electron chi connectivity index (χ3n) is 10.4. The summed E-state index contributed by atoms with van der Waals surface area (Å²) in [5.74, 6) is -0.847. The van der Waals surface area contributed by atoms with E-state index >= 15 is 0 Å². The molecular formula is C46H50ILiN4O10-2. The Kier molecular flexibility index (Phi) is 17.7. The molecule has 4 amide bonds. The molecule has 3 aliphatic rings. The molecule has 0 spiro atoms. The Labute approximate surface area is 381 Å². The number of anilines is 2. The Hall–Kier alpha value is -4.63. The first-order valence-corrected chi connectivity index (χ1v) is 24.4. The van der Waals surface area contributed by atoms with Crippen molar-refractivity contribution in [1.29, 1.82) is 0 Å². The average Bonchev–Trinajstić information content (AvgIpc) is 3.51. The zero-order valence-corrected chi connectivity index (χ0v) is 37.5. The van der Waals surface area contributed by atoms with Crippen molar-refractivity contribution in [3.8, 4) is 16.9 Å². The molecule has 0 aromatic heterocycles. The number of phenolic OH excluding ortho intramolecular Hbond substituents is 1. The number of nitrogens with zero attached hydrogens (tertiary/aromatic N) is 3. The van der Waals surface area contributed by atoms with Crippen molar-refractivity contribution in [2.75, 3.05) is 67.9 Å². The van der Waals surface area contributed by atoms with Crippen LogP contribution in [-0.4, -0.2) is 116 Å². The van der Waals surface area contributed by atoms with Gasteiger partial charge in [0.05, 0.1) is 32.1 Å². The monoisotopic (exact) mass is 952 g/mol. The smallest absolute Gasteiger partial charge is 0.248 e. The first kappa shape index (κ1) is 48.4. The van der Waals surface area contributed by atoms with Crippen molar-refractivity contribution in [3.63, 3.8) is 0 Å². The maximum absolute atomic E-state index is 13.6. The van der Waals surface area contributed by atoms with Crippen molar-refractivity contribution in [1.82, 2.24) is 9.80 Å². The number of hydrogen-bond donors (Lipinski definition) is 2. The van der Waals surface area contributed by atoms with E-state index in [1.54, 1.807) is 58.3 Å². The van der Waals surface area contributed by atoms with E-state index in [1.165, 1.54) is 0 Å². The minimum Gasteiger partial charge on any atom is -0.248 e. The minimum absolute atomic E-state index is 0. The van der Waals surface area contributed by atoms with Crippen LogP contribution < -0.4 is 29.1 Å². The molecule has 0 saturated carbocycles. The standard InChI is InChI=1S/C43H45IN4O9.C3H5O.Li/c1-27(2)47-26-30-12-11-29(34-25-31(49)23-28-7-4-5-8-32(28)34)24-37(30)46(43(47)54)16-18-56-20-22-57-21-19-55-17-15-45-35-10-6-9-33-39(35)42(53)48(41(33)52)36-13-14-38(50)44(3)40(36)51;1-2-3-4;/h4-12,23-25,27,36,45,49H,1-2,13-22,26H2,3H3;2H2,1H3;/q-2;-1;+1. The van der Waals surface area contributed by atoms with Crippen molar-refractivity contribution in [3.05, 3.63) is 103 Å². The zero-order valence-electron chi connectivity index (χ0n) is 35.3. The molecule has 0 aliphatic carbocycles. The van der Waals surface area contributed by atoms with Crippen LogP contribution in [0.25, 0.3) is 21.9 Å². The Morgan fingerprint density at radius 3 is 2.27 bits per heavy atom. The van der Waals surface area contributed by atoms with E-state index in [1.807, 2.05) is 42.5 Å². The van der Waals surface area contributed by atoms with E-state index in [-0.39, 0.29) is 68.8 Å². The summed E-state index contributed by atoms with van der Waals surface area (Å²) >= 11 is -2.53. The third-order valence-corrected chi connectivity index (χ3v) is 15.1. The normalized spacial score (nSPS) is 16.6. The number of halogens is 1. The zero-order chi connectivity index (χ0) is 43.6. The fraction of sp³-hybridized carbons (Fsp3) is 0.348. The quantitative estimate of drug-likeness (QED) is 0.0302. The molecule has 0 bridgehead atoms. The van der Waals surface area contributed by atoms with Gasteiger partial charge >= 0.3 is 183 Å². The number of phenols is 1. The summed E-state index contributed by atoms with van der Waals surface area (Å²) in [6, 6.07) is 20.8. The summed E-state index contributed by atoms with van der Waals surface area (Å²) in [6.45, 7) is 12.7. The molecule has 16 heteroatoms. The first-order valence-electron chi connectivity index (χ1n) is 20.1. The van der Waals surface area contributed by atoms with Gasteiger partial charge in [-0.2, -0.15) is 6.42 Å². The van der Waals surface area contributed by atoms with Gasteiger partial charge < -0.3 is 38.1 Å². The van der Waals surface area contributed by atoms with Gasteiger partial charge in [0.2, 0.25) is 0 Å². The van der Waals surface area contributed by atoms with E-state index in [4.69, 9.17) is 19.0 Å². The SMILES string of the molecule is CC[C-]=O.[CH2-]C([CH2-])N1Cc2ccc(-c3cc(O)cc4ccccc34)cc2N(CCOCCOCCOCCNc2cccc3c2C(=O)N(C2CCC(=O)I(C)C2=O)C3=O)C1=O.[Li+]. The Balaban J connectivity index is 0.00000139. The molecule has 3 heterocycles. The molecule has 1 fully saturated rings. The minimum atomic E-state index is -2.53. The number of carbonyl (C=O) groups excluding carboxylic acids is 6. The summed E-state index contributed by atoms with van der Waals surface area (Å²) in [5.41, 5.74) is 4.46. The van der Waals surface area contributed by atoms with Crippen LogP contribution in [0.3, 0.4) is 0 Å². The van der Waals surface area contributed by atoms with Crippen LogP contribution in [-0.2, 0) is 35.1 Å². The summed E-state index contributed by atoms with van der Waals surface area (Å²) < 4.78 is 17.0. The number of alkyl halides is 1. The number of fused-ring (bicyclic) bond motifs is 3. The number of ether oxygens (including phenoxy) is 3. The number of urea groups is 1. The van der Waals surface area contributed by atoms with E-state index in [9.17, 15) is 29.1 Å². The van der Waals surface area contributed by atoms with Gasteiger partial charge in [-0.3, -0.25) is 11.2 Å². The second kappa shape index (κ2) is 22.6. The Bertz CT molecular complexity index is 2290. The van der Waals surface area contributed by atoms with Gasteiger partial charge in [0, 0.05) is 6.54 Å². The molecule has 0 radical (unpaired) electrons. The van der Waals surface area contributed by atoms with Gasteiger partial charge in [0.15, 0.2) is 0 Å². The van der Waals surface area contributed by atoms with Gasteiger partial charge in [-0.1, -0.05) is 43.3 Å². The molecule has 4 aromatic rings. The fourth-order valence-corrected chi connectivity index (χ4v) is 10.8. The fourth-order valence-electron chi connectivity index (χ4n) is 7.38. The number of benzene rings is 4. The molecule has 324 valence electrons. The molecule has 1 atom stereocenters. The van der Waals surface area contributed by atoms with E-state index < -0.39 is 43.7 Å². The van der Waals surface area contributed by atoms with Gasteiger partial charge in [0.1, 0.15) is 5.75 Å². The van der Waals surface area contributed by atoms with Crippen LogP contribution in [0, 0.1) is 13.8 Å². The summed E-state index contributed by atoms with van der Waals surface area (Å²) in [6.07, 6.45) is 2.60. The predicted octanol–water partition coefficient (Wildman–Crippen LogP) is 3.61. The maximum atomic E-state index is 13.6. The molecule has 4 aromatic carbocycles. The molecule has 1 unspecified atom stereocenters. The van der Waals surface area contributed by atoms with Gasteiger partial charge in [0.25, 0.3) is 0 Å². The van der Waals surface area contributed by atoms with Crippen molar-refractivity contribution >= 4 is 73.7 Å². The molecule has 1 saturated heterocycles. The second-order valence-electron chi connectivity index (χ2n) is 14.4. The van der Waals surface area contributed by atoms with E-state index in [0.29, 0.717) is 64.8 Å². The van der Waals surface area contributed by atoms with Crippen molar-refractivity contribution in [2.45, 2.75) is 44.8 Å². The molecule has 14 nitrogen and oxygen atoms in total. The molecule has 7 rings (SSSR count). The summed E-state index contributed by atoms with van der Waals surface area (Å²) in [4.78, 5) is 80.3. The van der Waals surface area contributed by atoms with Gasteiger partial charge in [-0.15, -0.1) is 0 Å². The van der Waals surface area contributed by atoms with Crippen LogP contribution in [0.15, 0.2) is 72.8 Å². The van der Waals surface area contributed by atoms with Crippen molar-refractivity contribution in [2.24, 2.45) is 0 Å². The van der Waals surface area contributed by atoms with E-state index in [2.05, 4.69) is 19.2 Å². The molecule has 62 heavy (non-hydrogen) atoms. The molecular weight excluding hydrogens is 902 g/mol. The summed E-state index contributed by atoms with van der Waals surface area (Å²) in [7, 11) is 0. The predicted molar refractivity (Wildman–Crippen MR) is 241 cm³/mol. The van der Waals surface area contributed by atoms with Crippen LogP contribution in [0.4, 0.5) is 16.2 Å². The van der Waals surface area contributed by atoms with Crippen LogP contribution in [0.2, 0.25) is 0 Å². The summed E-state index contributed by atoms with van der Waals surface area (Å²) in [5, 5.41) is 15.5. The number of aromatic hydroxyl groups is 1. The van der Waals surface area contributed by atoms with Crippen LogP contribution in [0.5, 0.6) is 5.75 Å². The van der Waals surface area contributed by atoms with Gasteiger partial charge in [-0.05, 0) is 45.7 Å². The Morgan fingerprint density at radius 2 is 1.56 bits per heavy atom. The first-order chi connectivity index (χ1) is 29.5. The van der Waals surface area contributed by atoms with Gasteiger partial charge in [-0.25, -0.2) is 10.8 Å². The van der Waals surface area contributed by atoms with Crippen LogP contribution >= 0.6 is 19.8 Å². The third kappa shape index (κ3) is 10.9.